The third kappa shape index (κ3) is 3.36. The van der Waals surface area contributed by atoms with E-state index in [1.807, 2.05) is 24.3 Å². The topological polar surface area (TPSA) is 86.9 Å². The smallest absolute Gasteiger partial charge is 0.268 e. The van der Waals surface area contributed by atoms with Crippen LogP contribution >= 0.6 is 11.3 Å². The number of carbonyl (C=O) groups excluding carboxylic acids is 2. The van der Waals surface area contributed by atoms with Gasteiger partial charge in [-0.05, 0) is 24.6 Å². The SMILES string of the molecule is C=C(C)[C@H](NC(=O)c1cc2ccccc2[nH]1)C(=O)Nc1nccs1. The van der Waals surface area contributed by atoms with Gasteiger partial charge in [0.2, 0.25) is 0 Å². The molecular formula is C17H16N4O2S. The van der Waals surface area contributed by atoms with Crippen molar-refractivity contribution in [2.24, 2.45) is 0 Å². The lowest BCUT2D eigenvalue weighted by atomic mass is 10.1. The Balaban J connectivity index is 1.76. The van der Waals surface area contributed by atoms with Gasteiger partial charge in [-0.15, -0.1) is 11.3 Å². The van der Waals surface area contributed by atoms with Crippen molar-refractivity contribution in [3.05, 3.63) is 59.8 Å². The zero-order valence-corrected chi connectivity index (χ0v) is 13.8. The number of thiazole rings is 1. The summed E-state index contributed by atoms with van der Waals surface area (Å²) >= 11 is 1.31. The molecule has 0 saturated heterocycles. The summed E-state index contributed by atoms with van der Waals surface area (Å²) in [5.41, 5.74) is 1.79. The Kier molecular flexibility index (Phi) is 4.43. The van der Waals surface area contributed by atoms with Crippen molar-refractivity contribution >= 4 is 39.2 Å². The molecule has 0 fully saturated rings. The molecule has 7 heteroatoms. The molecule has 122 valence electrons. The fourth-order valence-electron chi connectivity index (χ4n) is 2.28. The molecule has 2 aromatic heterocycles. The maximum absolute atomic E-state index is 12.5. The van der Waals surface area contributed by atoms with Crippen molar-refractivity contribution in [1.82, 2.24) is 15.3 Å². The molecule has 2 amide bonds. The normalized spacial score (nSPS) is 11.9. The number of anilines is 1. The van der Waals surface area contributed by atoms with E-state index < -0.39 is 6.04 Å². The quantitative estimate of drug-likeness (QED) is 0.624. The van der Waals surface area contributed by atoms with Crippen LogP contribution < -0.4 is 10.6 Å². The Labute approximate surface area is 142 Å². The summed E-state index contributed by atoms with van der Waals surface area (Å²) in [4.78, 5) is 31.9. The van der Waals surface area contributed by atoms with Gasteiger partial charge in [0.05, 0.1) is 0 Å². The van der Waals surface area contributed by atoms with Gasteiger partial charge in [0.15, 0.2) is 5.13 Å². The minimum Gasteiger partial charge on any atom is -0.351 e. The van der Waals surface area contributed by atoms with Crippen molar-refractivity contribution in [2.45, 2.75) is 13.0 Å². The van der Waals surface area contributed by atoms with Crippen molar-refractivity contribution in [3.8, 4) is 0 Å². The van der Waals surface area contributed by atoms with Crippen molar-refractivity contribution < 1.29 is 9.59 Å². The molecule has 3 aromatic rings. The van der Waals surface area contributed by atoms with Gasteiger partial charge in [0.1, 0.15) is 11.7 Å². The number of rotatable bonds is 5. The summed E-state index contributed by atoms with van der Waals surface area (Å²) in [7, 11) is 0. The molecule has 6 nitrogen and oxygen atoms in total. The molecular weight excluding hydrogens is 324 g/mol. The van der Waals surface area contributed by atoms with E-state index in [4.69, 9.17) is 0 Å². The van der Waals surface area contributed by atoms with Crippen molar-refractivity contribution in [2.75, 3.05) is 5.32 Å². The highest BCUT2D eigenvalue weighted by molar-refractivity contribution is 7.13. The monoisotopic (exact) mass is 340 g/mol. The molecule has 0 aliphatic heterocycles. The fourth-order valence-corrected chi connectivity index (χ4v) is 2.81. The lowest BCUT2D eigenvalue weighted by Crippen LogP contribution is -2.44. The molecule has 3 N–H and O–H groups in total. The summed E-state index contributed by atoms with van der Waals surface area (Å²) in [6.07, 6.45) is 1.60. The zero-order chi connectivity index (χ0) is 17.1. The second kappa shape index (κ2) is 6.67. The van der Waals surface area contributed by atoms with E-state index in [1.165, 1.54) is 11.3 Å². The average Bonchev–Trinajstić information content (AvgIpc) is 3.20. The number of amides is 2. The van der Waals surface area contributed by atoms with Crippen molar-refractivity contribution in [3.63, 3.8) is 0 Å². The number of benzene rings is 1. The van der Waals surface area contributed by atoms with Crippen LogP contribution in [0.4, 0.5) is 5.13 Å². The fraction of sp³-hybridized carbons (Fsp3) is 0.118. The lowest BCUT2D eigenvalue weighted by Gasteiger charge is -2.17. The zero-order valence-electron chi connectivity index (χ0n) is 13.0. The minimum atomic E-state index is -0.840. The summed E-state index contributed by atoms with van der Waals surface area (Å²) < 4.78 is 0. The standard InChI is InChI=1S/C17H16N4O2S/c1-10(2)14(16(23)21-17-18-7-8-24-17)20-15(22)13-9-11-5-3-4-6-12(11)19-13/h3-9,14,19H,1H2,2H3,(H,20,22)(H,18,21,23)/t14-/m0/s1. The molecule has 0 aliphatic rings. The summed E-state index contributed by atoms with van der Waals surface area (Å²) in [5, 5.41) is 8.54. The number of hydrogen-bond acceptors (Lipinski definition) is 4. The van der Waals surface area contributed by atoms with Gasteiger partial charge in [0.25, 0.3) is 11.8 Å². The van der Waals surface area contributed by atoms with Gasteiger partial charge in [-0.2, -0.15) is 0 Å². The number of nitrogens with one attached hydrogen (secondary N) is 3. The Hall–Kier alpha value is -2.93. The van der Waals surface area contributed by atoms with E-state index in [2.05, 4.69) is 27.2 Å². The molecule has 0 bridgehead atoms. The number of aromatic amines is 1. The van der Waals surface area contributed by atoms with E-state index in [9.17, 15) is 9.59 Å². The first-order valence-electron chi connectivity index (χ1n) is 7.29. The summed E-state index contributed by atoms with van der Waals surface area (Å²) in [6, 6.07) is 8.49. The number of fused-ring (bicyclic) bond motifs is 1. The van der Waals surface area contributed by atoms with Gasteiger partial charge < -0.3 is 10.3 Å². The van der Waals surface area contributed by atoms with Crippen molar-refractivity contribution in [1.29, 1.82) is 0 Å². The number of nitrogens with zero attached hydrogens (tertiary/aromatic N) is 1. The van der Waals surface area contributed by atoms with E-state index >= 15 is 0 Å². The van der Waals surface area contributed by atoms with E-state index in [-0.39, 0.29) is 11.8 Å². The van der Waals surface area contributed by atoms with Crippen LogP contribution in [0.1, 0.15) is 17.4 Å². The van der Waals surface area contributed by atoms with Gasteiger partial charge in [-0.1, -0.05) is 24.8 Å². The molecule has 1 atom stereocenters. The molecule has 0 aliphatic carbocycles. The number of H-pyrrole nitrogens is 1. The maximum Gasteiger partial charge on any atom is 0.268 e. The second-order valence-corrected chi connectivity index (χ2v) is 6.24. The number of para-hydroxylation sites is 1. The van der Waals surface area contributed by atoms with E-state index in [1.54, 1.807) is 24.6 Å². The minimum absolute atomic E-state index is 0.367. The van der Waals surface area contributed by atoms with Gasteiger partial charge >= 0.3 is 0 Å². The predicted octanol–water partition coefficient (Wildman–Crippen LogP) is 2.94. The Bertz CT molecular complexity index is 865. The second-order valence-electron chi connectivity index (χ2n) is 5.35. The summed E-state index contributed by atoms with van der Waals surface area (Å²) in [6.45, 7) is 5.48. The van der Waals surface area contributed by atoms with Crippen LogP contribution in [-0.4, -0.2) is 27.8 Å². The van der Waals surface area contributed by atoms with E-state index in [0.29, 0.717) is 16.4 Å². The van der Waals surface area contributed by atoms with Crippen LogP contribution in [0.25, 0.3) is 10.9 Å². The highest BCUT2D eigenvalue weighted by Gasteiger charge is 2.23. The third-order valence-electron chi connectivity index (χ3n) is 3.47. The van der Waals surface area contributed by atoms with Gasteiger partial charge in [-0.3, -0.25) is 14.9 Å². The van der Waals surface area contributed by atoms with Crippen LogP contribution in [0, 0.1) is 0 Å². The molecule has 1 aromatic carbocycles. The van der Waals surface area contributed by atoms with Crippen LogP contribution in [0.2, 0.25) is 0 Å². The first-order valence-corrected chi connectivity index (χ1v) is 8.17. The van der Waals surface area contributed by atoms with Gasteiger partial charge in [0, 0.05) is 22.5 Å². The summed E-state index contributed by atoms with van der Waals surface area (Å²) in [5.74, 6) is -0.740. The molecule has 0 saturated carbocycles. The van der Waals surface area contributed by atoms with E-state index in [0.717, 1.165) is 10.9 Å². The molecule has 0 spiro atoms. The average molecular weight is 340 g/mol. The first-order chi connectivity index (χ1) is 11.5. The van der Waals surface area contributed by atoms with Gasteiger partial charge in [-0.25, -0.2) is 4.98 Å². The Morgan fingerprint density at radius 3 is 2.79 bits per heavy atom. The van der Waals surface area contributed by atoms with Crippen LogP contribution in [0.15, 0.2) is 54.1 Å². The Morgan fingerprint density at radius 2 is 2.12 bits per heavy atom. The third-order valence-corrected chi connectivity index (χ3v) is 4.16. The Morgan fingerprint density at radius 1 is 1.33 bits per heavy atom. The molecule has 2 heterocycles. The number of carbonyl (C=O) groups is 2. The largest absolute Gasteiger partial charge is 0.351 e. The number of aromatic nitrogens is 2. The predicted molar refractivity (Wildman–Crippen MR) is 95.1 cm³/mol. The lowest BCUT2D eigenvalue weighted by molar-refractivity contribution is -0.117. The maximum atomic E-state index is 12.5. The highest BCUT2D eigenvalue weighted by atomic mass is 32.1. The highest BCUT2D eigenvalue weighted by Crippen LogP contribution is 2.16. The molecule has 0 radical (unpaired) electrons. The van der Waals surface area contributed by atoms with Crippen LogP contribution in [0.5, 0.6) is 0 Å². The van der Waals surface area contributed by atoms with Crippen LogP contribution in [0.3, 0.4) is 0 Å². The first kappa shape index (κ1) is 15.9. The molecule has 3 rings (SSSR count). The molecule has 0 unspecified atom stereocenters. The number of hydrogen-bond donors (Lipinski definition) is 3. The van der Waals surface area contributed by atoms with Crippen LogP contribution in [-0.2, 0) is 4.79 Å². The molecule has 24 heavy (non-hydrogen) atoms.